The van der Waals surface area contributed by atoms with E-state index in [-0.39, 0.29) is 36.6 Å². The van der Waals surface area contributed by atoms with Gasteiger partial charge in [0.1, 0.15) is 0 Å². The van der Waals surface area contributed by atoms with Gasteiger partial charge in [-0.25, -0.2) is 0 Å². The van der Waals surface area contributed by atoms with Crippen LogP contribution in [0.3, 0.4) is 0 Å². The summed E-state index contributed by atoms with van der Waals surface area (Å²) in [6, 6.07) is 5.51. The van der Waals surface area contributed by atoms with Crippen molar-refractivity contribution in [3.05, 3.63) is 39.9 Å². The minimum absolute atomic E-state index is 0.0419. The van der Waals surface area contributed by atoms with Crippen molar-refractivity contribution >= 4 is 17.5 Å². The third-order valence-corrected chi connectivity index (χ3v) is 4.24. The Morgan fingerprint density at radius 2 is 1.76 bits per heavy atom. The van der Waals surface area contributed by atoms with E-state index in [0.29, 0.717) is 31.7 Å². The third-order valence-electron chi connectivity index (χ3n) is 4.24. The third kappa shape index (κ3) is 4.74. The fourth-order valence-corrected chi connectivity index (χ4v) is 2.65. The fraction of sp³-hybridized carbons (Fsp3) is 0.500. The maximum atomic E-state index is 12.4. The number of piperazine rings is 1. The number of carbonyl (C=O) groups excluding carboxylic acids is 2. The number of methoxy groups -OCH3 is 1. The largest absolute Gasteiger partial charge is 0.380 e. The molecule has 0 bridgehead atoms. The topological polar surface area (TPSA) is 119 Å². The number of amides is 2. The number of carbonyl (C=O) groups is 2. The zero-order chi connectivity index (χ0) is 18.4. The molecular formula is C16H22N4O5. The second-order valence-corrected chi connectivity index (χ2v) is 5.77. The van der Waals surface area contributed by atoms with Crippen LogP contribution in [0.1, 0.15) is 16.8 Å². The van der Waals surface area contributed by atoms with Gasteiger partial charge < -0.3 is 20.3 Å². The number of nitrogens with two attached hydrogens (primary N) is 1. The minimum atomic E-state index is -0.507. The molecule has 9 nitrogen and oxygen atoms in total. The van der Waals surface area contributed by atoms with E-state index in [1.807, 2.05) is 0 Å². The predicted molar refractivity (Wildman–Crippen MR) is 90.0 cm³/mol. The number of hydrogen-bond acceptors (Lipinski definition) is 6. The van der Waals surface area contributed by atoms with E-state index in [9.17, 15) is 19.7 Å². The Kier molecular flexibility index (Phi) is 6.43. The quantitative estimate of drug-likeness (QED) is 0.580. The summed E-state index contributed by atoms with van der Waals surface area (Å²) in [5, 5.41) is 10.7. The van der Waals surface area contributed by atoms with Crippen LogP contribution >= 0.6 is 0 Å². The first-order chi connectivity index (χ1) is 12.0. The van der Waals surface area contributed by atoms with Crippen LogP contribution in [-0.4, -0.2) is 72.5 Å². The molecule has 0 radical (unpaired) electrons. The molecule has 25 heavy (non-hydrogen) atoms. The molecule has 2 N–H and O–H groups in total. The lowest BCUT2D eigenvalue weighted by Gasteiger charge is -2.35. The van der Waals surface area contributed by atoms with Gasteiger partial charge in [0.25, 0.3) is 11.6 Å². The first-order valence-corrected chi connectivity index (χ1v) is 8.00. The zero-order valence-electron chi connectivity index (χ0n) is 14.1. The van der Waals surface area contributed by atoms with Crippen molar-refractivity contribution in [2.24, 2.45) is 5.73 Å². The van der Waals surface area contributed by atoms with Gasteiger partial charge in [-0.2, -0.15) is 0 Å². The molecule has 1 aromatic rings. The van der Waals surface area contributed by atoms with Gasteiger partial charge >= 0.3 is 0 Å². The van der Waals surface area contributed by atoms with E-state index in [2.05, 4.69) is 0 Å². The lowest BCUT2D eigenvalue weighted by molar-refractivity contribution is -0.384. The smallest absolute Gasteiger partial charge is 0.269 e. The van der Waals surface area contributed by atoms with E-state index in [4.69, 9.17) is 10.5 Å². The molecule has 136 valence electrons. The number of ether oxygens (including phenoxy) is 1. The Labute approximate surface area is 145 Å². The molecule has 1 heterocycles. The summed E-state index contributed by atoms with van der Waals surface area (Å²) in [5.41, 5.74) is 5.87. The van der Waals surface area contributed by atoms with Crippen LogP contribution < -0.4 is 5.73 Å². The number of benzene rings is 1. The number of nitro groups is 1. The van der Waals surface area contributed by atoms with E-state index < -0.39 is 4.92 Å². The number of non-ortho nitro benzene ring substituents is 1. The molecule has 1 aromatic carbocycles. The molecule has 1 saturated heterocycles. The number of rotatable bonds is 6. The molecule has 0 aliphatic carbocycles. The van der Waals surface area contributed by atoms with Gasteiger partial charge in [0.05, 0.1) is 17.4 Å². The van der Waals surface area contributed by atoms with E-state index in [1.54, 1.807) is 9.80 Å². The molecule has 1 aliphatic heterocycles. The second kappa shape index (κ2) is 8.54. The molecule has 0 aromatic heterocycles. The summed E-state index contributed by atoms with van der Waals surface area (Å²) < 4.78 is 5.12. The summed E-state index contributed by atoms with van der Waals surface area (Å²) in [4.78, 5) is 38.1. The Balaban J connectivity index is 1.89. The monoisotopic (exact) mass is 350 g/mol. The maximum Gasteiger partial charge on any atom is 0.269 e. The lowest BCUT2D eigenvalue weighted by Crippen LogP contribution is -2.51. The molecule has 2 rings (SSSR count). The van der Waals surface area contributed by atoms with Crippen LogP contribution in [0.15, 0.2) is 24.3 Å². The first kappa shape index (κ1) is 18.8. The number of nitro benzene ring substituents is 1. The molecular weight excluding hydrogens is 328 g/mol. The summed E-state index contributed by atoms with van der Waals surface area (Å²) >= 11 is 0. The Morgan fingerprint density at radius 3 is 2.24 bits per heavy atom. The average molecular weight is 350 g/mol. The molecule has 1 atom stereocenters. The standard InChI is InChI=1S/C16H22N4O5/c1-25-14(11-17)10-15(21)18-6-8-19(9-7-18)16(22)12-2-4-13(5-3-12)20(23)24/h2-5,14H,6-11,17H2,1H3. The SMILES string of the molecule is COC(CN)CC(=O)N1CCN(C(=O)c2ccc([N+](=O)[O-])cc2)CC1. The van der Waals surface area contributed by atoms with Crippen molar-refractivity contribution in [1.82, 2.24) is 9.80 Å². The van der Waals surface area contributed by atoms with Crippen molar-refractivity contribution < 1.29 is 19.2 Å². The summed E-state index contributed by atoms with van der Waals surface area (Å²) in [6.07, 6.45) is -0.0733. The first-order valence-electron chi connectivity index (χ1n) is 8.00. The van der Waals surface area contributed by atoms with Crippen molar-refractivity contribution in [3.8, 4) is 0 Å². The highest BCUT2D eigenvalue weighted by Gasteiger charge is 2.26. The summed E-state index contributed by atoms with van der Waals surface area (Å²) in [7, 11) is 1.52. The highest BCUT2D eigenvalue weighted by molar-refractivity contribution is 5.94. The average Bonchev–Trinajstić information content (AvgIpc) is 2.65. The summed E-state index contributed by atoms with van der Waals surface area (Å²) in [6.45, 7) is 2.00. The Hall–Kier alpha value is -2.52. The van der Waals surface area contributed by atoms with Gasteiger partial charge in [-0.1, -0.05) is 0 Å². The molecule has 1 unspecified atom stereocenters. The van der Waals surface area contributed by atoms with Crippen LogP contribution in [0.25, 0.3) is 0 Å². The van der Waals surface area contributed by atoms with Crippen LogP contribution in [0.2, 0.25) is 0 Å². The van der Waals surface area contributed by atoms with Crippen LogP contribution in [0, 0.1) is 10.1 Å². The second-order valence-electron chi connectivity index (χ2n) is 5.77. The van der Waals surface area contributed by atoms with Crippen LogP contribution in [0.5, 0.6) is 0 Å². The summed E-state index contributed by atoms with van der Waals surface area (Å²) in [5.74, 6) is -0.238. The van der Waals surface area contributed by atoms with Crippen molar-refractivity contribution in [2.45, 2.75) is 12.5 Å². The molecule has 0 saturated carbocycles. The maximum absolute atomic E-state index is 12.4. The fourth-order valence-electron chi connectivity index (χ4n) is 2.65. The van der Waals surface area contributed by atoms with E-state index >= 15 is 0 Å². The predicted octanol–water partition coefficient (Wildman–Crippen LogP) is 0.243. The van der Waals surface area contributed by atoms with E-state index in [1.165, 1.54) is 31.4 Å². The number of nitrogens with zero attached hydrogens (tertiary/aromatic N) is 3. The Bertz CT molecular complexity index is 622. The highest BCUT2D eigenvalue weighted by Crippen LogP contribution is 2.15. The van der Waals surface area contributed by atoms with Gasteiger partial charge in [0.15, 0.2) is 0 Å². The van der Waals surface area contributed by atoms with Gasteiger partial charge in [-0.3, -0.25) is 19.7 Å². The minimum Gasteiger partial charge on any atom is -0.380 e. The van der Waals surface area contributed by atoms with E-state index in [0.717, 1.165) is 0 Å². The van der Waals surface area contributed by atoms with Crippen molar-refractivity contribution in [1.29, 1.82) is 0 Å². The van der Waals surface area contributed by atoms with Gasteiger partial charge in [0.2, 0.25) is 5.91 Å². The van der Waals surface area contributed by atoms with Crippen LogP contribution in [-0.2, 0) is 9.53 Å². The zero-order valence-corrected chi connectivity index (χ0v) is 14.1. The normalized spacial score (nSPS) is 15.8. The van der Waals surface area contributed by atoms with Gasteiger partial charge in [-0.05, 0) is 12.1 Å². The number of hydrogen-bond donors (Lipinski definition) is 1. The molecule has 9 heteroatoms. The van der Waals surface area contributed by atoms with Crippen LogP contribution in [0.4, 0.5) is 5.69 Å². The molecule has 1 fully saturated rings. The molecule has 1 aliphatic rings. The van der Waals surface area contributed by atoms with Crippen molar-refractivity contribution in [3.63, 3.8) is 0 Å². The lowest BCUT2D eigenvalue weighted by atomic mass is 10.1. The van der Waals surface area contributed by atoms with Gasteiger partial charge in [0, 0.05) is 57.5 Å². The van der Waals surface area contributed by atoms with Gasteiger partial charge in [-0.15, -0.1) is 0 Å². The molecule has 2 amide bonds. The Morgan fingerprint density at radius 1 is 1.20 bits per heavy atom. The highest BCUT2D eigenvalue weighted by atomic mass is 16.6. The van der Waals surface area contributed by atoms with Crippen molar-refractivity contribution in [2.75, 3.05) is 39.8 Å². The molecule has 0 spiro atoms.